The number of nitrogens with two attached hydrogens (primary N) is 1. The standard InChI is InChI=1S/C17H24N2O/c1-16(2,3)11-17(4,5)13-8-6-12(7-9-13)14-10-15(18)20-19-14/h6-10H,11,18H2,1-5H3. The van der Waals surface area contributed by atoms with E-state index in [9.17, 15) is 0 Å². The summed E-state index contributed by atoms with van der Waals surface area (Å²) >= 11 is 0. The number of anilines is 1. The van der Waals surface area contributed by atoms with E-state index in [-0.39, 0.29) is 5.41 Å². The first-order chi connectivity index (χ1) is 9.17. The lowest BCUT2D eigenvalue weighted by atomic mass is 9.72. The minimum atomic E-state index is 0.152. The lowest BCUT2D eigenvalue weighted by Gasteiger charge is -2.33. The van der Waals surface area contributed by atoms with Crippen molar-refractivity contribution in [3.8, 4) is 11.3 Å². The highest BCUT2D eigenvalue weighted by Crippen LogP contribution is 2.36. The summed E-state index contributed by atoms with van der Waals surface area (Å²) in [4.78, 5) is 0. The van der Waals surface area contributed by atoms with Crippen LogP contribution < -0.4 is 5.73 Å². The molecule has 0 bridgehead atoms. The largest absolute Gasteiger partial charge is 0.368 e. The van der Waals surface area contributed by atoms with E-state index in [0.717, 1.165) is 17.7 Å². The number of hydrogen-bond acceptors (Lipinski definition) is 3. The van der Waals surface area contributed by atoms with Crippen LogP contribution in [0.1, 0.15) is 46.6 Å². The van der Waals surface area contributed by atoms with E-state index in [1.807, 2.05) is 0 Å². The van der Waals surface area contributed by atoms with Gasteiger partial charge in [0.25, 0.3) is 0 Å². The third-order valence-electron chi connectivity index (χ3n) is 3.46. The van der Waals surface area contributed by atoms with Crippen LogP contribution in [0.4, 0.5) is 5.88 Å². The Labute approximate surface area is 121 Å². The zero-order valence-corrected chi connectivity index (χ0v) is 13.0. The maximum absolute atomic E-state index is 5.56. The fourth-order valence-electron chi connectivity index (χ4n) is 2.95. The molecule has 0 aliphatic rings. The van der Waals surface area contributed by atoms with Crippen molar-refractivity contribution >= 4 is 5.88 Å². The molecule has 2 aromatic rings. The smallest absolute Gasteiger partial charge is 0.222 e. The molecule has 1 aromatic heterocycles. The molecule has 0 amide bonds. The van der Waals surface area contributed by atoms with Crippen LogP contribution >= 0.6 is 0 Å². The van der Waals surface area contributed by atoms with Crippen LogP contribution in [0.15, 0.2) is 34.9 Å². The molecule has 2 N–H and O–H groups in total. The molecule has 0 unspecified atom stereocenters. The Balaban J connectivity index is 2.24. The first-order valence-corrected chi connectivity index (χ1v) is 7.00. The second-order valence-corrected chi connectivity index (χ2v) is 7.31. The molecule has 20 heavy (non-hydrogen) atoms. The first kappa shape index (κ1) is 14.6. The normalized spacial score (nSPS) is 12.7. The maximum Gasteiger partial charge on any atom is 0.222 e. The summed E-state index contributed by atoms with van der Waals surface area (Å²) in [6.45, 7) is 11.4. The number of hydrogen-bond donors (Lipinski definition) is 1. The summed E-state index contributed by atoms with van der Waals surface area (Å²) in [7, 11) is 0. The first-order valence-electron chi connectivity index (χ1n) is 7.00. The Bertz CT molecular complexity index is 574. The second-order valence-electron chi connectivity index (χ2n) is 7.31. The van der Waals surface area contributed by atoms with Crippen LogP contribution in [-0.2, 0) is 5.41 Å². The SMILES string of the molecule is CC(C)(C)CC(C)(C)c1ccc(-c2cc(N)on2)cc1. The van der Waals surface area contributed by atoms with Gasteiger partial charge in [0.05, 0.1) is 0 Å². The van der Waals surface area contributed by atoms with Gasteiger partial charge in [-0.05, 0) is 22.8 Å². The minimum Gasteiger partial charge on any atom is -0.368 e. The molecule has 0 spiro atoms. The molecule has 0 fully saturated rings. The van der Waals surface area contributed by atoms with Crippen molar-refractivity contribution in [2.45, 2.75) is 46.5 Å². The predicted molar refractivity (Wildman–Crippen MR) is 83.4 cm³/mol. The number of benzene rings is 1. The van der Waals surface area contributed by atoms with E-state index in [1.54, 1.807) is 6.07 Å². The minimum absolute atomic E-state index is 0.152. The Kier molecular flexibility index (Phi) is 3.63. The maximum atomic E-state index is 5.56. The van der Waals surface area contributed by atoms with Crippen LogP contribution in [0.5, 0.6) is 0 Å². The van der Waals surface area contributed by atoms with E-state index in [1.165, 1.54) is 5.56 Å². The van der Waals surface area contributed by atoms with E-state index in [2.05, 4.69) is 64.0 Å². The molecule has 0 radical (unpaired) electrons. The summed E-state index contributed by atoms with van der Waals surface area (Å²) in [6.07, 6.45) is 1.14. The van der Waals surface area contributed by atoms with Crippen LogP contribution in [-0.4, -0.2) is 5.16 Å². The third-order valence-corrected chi connectivity index (χ3v) is 3.46. The van der Waals surface area contributed by atoms with Crippen LogP contribution in [0.25, 0.3) is 11.3 Å². The summed E-state index contributed by atoms with van der Waals surface area (Å²) in [5, 5.41) is 3.94. The van der Waals surface area contributed by atoms with Crippen molar-refractivity contribution < 1.29 is 4.52 Å². The Morgan fingerprint density at radius 1 is 1.05 bits per heavy atom. The van der Waals surface area contributed by atoms with Crippen molar-refractivity contribution in [3.05, 3.63) is 35.9 Å². The highest BCUT2D eigenvalue weighted by Gasteiger charge is 2.27. The summed E-state index contributed by atoms with van der Waals surface area (Å²) in [6, 6.07) is 10.3. The molecule has 0 saturated carbocycles. The predicted octanol–water partition coefficient (Wildman–Crippen LogP) is 4.64. The van der Waals surface area contributed by atoms with Gasteiger partial charge in [-0.15, -0.1) is 0 Å². The second kappa shape index (κ2) is 4.97. The molecular formula is C17H24N2O. The molecule has 0 aliphatic heterocycles. The highest BCUT2D eigenvalue weighted by molar-refractivity contribution is 5.61. The number of nitrogen functional groups attached to an aromatic ring is 1. The van der Waals surface area contributed by atoms with E-state index >= 15 is 0 Å². The van der Waals surface area contributed by atoms with Crippen molar-refractivity contribution in [1.82, 2.24) is 5.16 Å². The molecule has 0 saturated heterocycles. The van der Waals surface area contributed by atoms with Gasteiger partial charge in [0.2, 0.25) is 5.88 Å². The van der Waals surface area contributed by atoms with E-state index < -0.39 is 0 Å². The molecular weight excluding hydrogens is 248 g/mol. The number of aromatic nitrogens is 1. The van der Waals surface area contributed by atoms with Crippen molar-refractivity contribution in [1.29, 1.82) is 0 Å². The summed E-state index contributed by atoms with van der Waals surface area (Å²) < 4.78 is 4.91. The van der Waals surface area contributed by atoms with Gasteiger partial charge in [-0.25, -0.2) is 0 Å². The summed E-state index contributed by atoms with van der Waals surface area (Å²) in [5.41, 5.74) is 9.17. The quantitative estimate of drug-likeness (QED) is 0.885. The monoisotopic (exact) mass is 272 g/mol. The van der Waals surface area contributed by atoms with Crippen LogP contribution in [0, 0.1) is 5.41 Å². The van der Waals surface area contributed by atoms with Crippen molar-refractivity contribution in [2.75, 3.05) is 5.73 Å². The van der Waals surface area contributed by atoms with Gasteiger partial charge in [-0.1, -0.05) is 64.0 Å². The molecule has 0 aliphatic carbocycles. The van der Waals surface area contributed by atoms with Gasteiger partial charge in [-0.3, -0.25) is 0 Å². The van der Waals surface area contributed by atoms with Crippen molar-refractivity contribution in [2.24, 2.45) is 5.41 Å². The van der Waals surface area contributed by atoms with Crippen molar-refractivity contribution in [3.63, 3.8) is 0 Å². The van der Waals surface area contributed by atoms with Gasteiger partial charge in [-0.2, -0.15) is 0 Å². The van der Waals surface area contributed by atoms with Gasteiger partial charge < -0.3 is 10.3 Å². The average Bonchev–Trinajstić information content (AvgIpc) is 2.73. The fraction of sp³-hybridized carbons (Fsp3) is 0.471. The Morgan fingerprint density at radius 3 is 2.10 bits per heavy atom. The molecule has 108 valence electrons. The Hall–Kier alpha value is -1.77. The zero-order valence-electron chi connectivity index (χ0n) is 13.0. The van der Waals surface area contributed by atoms with Gasteiger partial charge >= 0.3 is 0 Å². The molecule has 3 heteroatoms. The van der Waals surface area contributed by atoms with Gasteiger partial charge in [0.15, 0.2) is 0 Å². The van der Waals surface area contributed by atoms with Gasteiger partial charge in [0.1, 0.15) is 5.69 Å². The Morgan fingerprint density at radius 2 is 1.65 bits per heavy atom. The van der Waals surface area contributed by atoms with E-state index in [4.69, 9.17) is 10.3 Å². The lowest BCUT2D eigenvalue weighted by Crippen LogP contribution is -2.24. The highest BCUT2D eigenvalue weighted by atomic mass is 16.5. The molecule has 0 atom stereocenters. The molecule has 3 nitrogen and oxygen atoms in total. The summed E-state index contributed by atoms with van der Waals surface area (Å²) in [5.74, 6) is 0.345. The van der Waals surface area contributed by atoms with Crippen LogP contribution in [0.3, 0.4) is 0 Å². The average molecular weight is 272 g/mol. The van der Waals surface area contributed by atoms with E-state index in [0.29, 0.717) is 11.3 Å². The lowest BCUT2D eigenvalue weighted by molar-refractivity contribution is 0.284. The zero-order chi connectivity index (χ0) is 15.0. The molecule has 2 rings (SSSR count). The molecule has 1 aromatic carbocycles. The molecule has 1 heterocycles. The topological polar surface area (TPSA) is 52.0 Å². The van der Waals surface area contributed by atoms with Gasteiger partial charge in [0, 0.05) is 11.6 Å². The number of nitrogens with zero attached hydrogens (tertiary/aromatic N) is 1. The number of rotatable bonds is 3. The third kappa shape index (κ3) is 3.41. The van der Waals surface area contributed by atoms with Crippen LogP contribution in [0.2, 0.25) is 0 Å². The fourth-order valence-corrected chi connectivity index (χ4v) is 2.95.